The highest BCUT2D eigenvalue weighted by molar-refractivity contribution is 8.93. The van der Waals surface area contributed by atoms with Crippen molar-refractivity contribution in [3.05, 3.63) is 0 Å². The highest BCUT2D eigenvalue weighted by atomic mass is 79.9. The number of hydrogen-bond acceptors (Lipinski definition) is 2. The fraction of sp³-hybridized carbons (Fsp3) is 0.909. The Kier molecular flexibility index (Phi) is 8.61. The van der Waals surface area contributed by atoms with E-state index in [1.165, 1.54) is 6.17 Å². The summed E-state index contributed by atoms with van der Waals surface area (Å²) in [6.45, 7) is 8.17. The predicted molar refractivity (Wildman–Crippen MR) is 74.4 cm³/mol. The summed E-state index contributed by atoms with van der Waals surface area (Å²) in [5.74, 6) is -0.925. The Bertz CT molecular complexity index is 215. The number of quaternary nitrogens is 1. The van der Waals surface area contributed by atoms with Gasteiger partial charge >= 0.3 is 0 Å². The van der Waals surface area contributed by atoms with Gasteiger partial charge in [-0.25, -0.2) is 0 Å². The quantitative estimate of drug-likeness (QED) is 0.405. The molecule has 0 saturated carbocycles. The van der Waals surface area contributed by atoms with E-state index in [9.17, 15) is 9.90 Å². The van der Waals surface area contributed by atoms with Crippen molar-refractivity contribution in [2.24, 2.45) is 0 Å². The van der Waals surface area contributed by atoms with Crippen LogP contribution in [0.5, 0.6) is 0 Å². The molecule has 0 aliphatic carbocycles. The van der Waals surface area contributed by atoms with E-state index in [0.717, 1.165) is 23.9 Å². The normalized spacial score (nSPS) is 12.1. The van der Waals surface area contributed by atoms with Crippen molar-refractivity contribution in [2.45, 2.75) is 38.9 Å². The molecular formula is C11H26BrNO2Si. The second kappa shape index (κ2) is 7.45. The maximum absolute atomic E-state index is 10.2. The average molecular weight is 312 g/mol. The van der Waals surface area contributed by atoms with E-state index < -0.39 is 14.0 Å². The van der Waals surface area contributed by atoms with E-state index in [-0.39, 0.29) is 23.4 Å². The minimum absolute atomic E-state index is 0. The fourth-order valence-electron chi connectivity index (χ4n) is 2.17. The Balaban J connectivity index is 0. The van der Waals surface area contributed by atoms with Gasteiger partial charge in [0.2, 0.25) is 0 Å². The fourth-order valence-corrected chi connectivity index (χ4v) is 4.90. The van der Waals surface area contributed by atoms with Crippen LogP contribution in [0.3, 0.4) is 0 Å². The standard InChI is InChI=1S/C11H25NO2Si.BrH/c1-12(2,10-15(3,4)5)9-7-6-8-11(13)14;/h6-10H2,1-5H3;1H. The highest BCUT2D eigenvalue weighted by Crippen LogP contribution is 2.10. The second-order valence-corrected chi connectivity index (χ2v) is 11.6. The van der Waals surface area contributed by atoms with Crippen LogP contribution in [0.25, 0.3) is 0 Å². The van der Waals surface area contributed by atoms with Gasteiger partial charge in [0.05, 0.1) is 26.8 Å². The Morgan fingerprint density at radius 1 is 1.19 bits per heavy atom. The van der Waals surface area contributed by atoms with Crippen LogP contribution >= 0.6 is 17.0 Å². The largest absolute Gasteiger partial charge is 0.550 e. The zero-order valence-corrected chi connectivity index (χ0v) is 13.9. The maximum Gasteiger partial charge on any atom is 0.110 e. The molecule has 0 aromatic heterocycles. The highest BCUT2D eigenvalue weighted by Gasteiger charge is 2.25. The van der Waals surface area contributed by atoms with Crippen LogP contribution in [-0.4, -0.2) is 45.3 Å². The van der Waals surface area contributed by atoms with Gasteiger partial charge in [0, 0.05) is 5.97 Å². The molecule has 0 heterocycles. The van der Waals surface area contributed by atoms with Crippen molar-refractivity contribution >= 4 is 31.0 Å². The molecule has 0 aliphatic rings. The van der Waals surface area contributed by atoms with E-state index in [4.69, 9.17) is 0 Å². The number of carbonyl (C=O) groups excluding carboxylic acids is 1. The molecule has 16 heavy (non-hydrogen) atoms. The van der Waals surface area contributed by atoms with Gasteiger partial charge in [0.1, 0.15) is 8.07 Å². The second-order valence-electron chi connectivity index (χ2n) is 6.21. The molecule has 0 fully saturated rings. The van der Waals surface area contributed by atoms with Crippen LogP contribution in [0.2, 0.25) is 19.6 Å². The zero-order chi connectivity index (χ0) is 12.1. The van der Waals surface area contributed by atoms with Crippen LogP contribution in [0, 0.1) is 0 Å². The van der Waals surface area contributed by atoms with Crippen molar-refractivity contribution in [1.29, 1.82) is 0 Å². The topological polar surface area (TPSA) is 40.1 Å². The summed E-state index contributed by atoms with van der Waals surface area (Å²) in [5, 5.41) is 10.2. The molecule has 0 saturated heterocycles. The lowest BCUT2D eigenvalue weighted by Gasteiger charge is -2.35. The summed E-state index contributed by atoms with van der Waals surface area (Å²) in [7, 11) is 3.44. The van der Waals surface area contributed by atoms with Crippen LogP contribution in [0.15, 0.2) is 0 Å². The molecule has 3 nitrogen and oxygen atoms in total. The molecule has 0 aliphatic heterocycles. The summed E-state index contributed by atoms with van der Waals surface area (Å²) in [6.07, 6.45) is 3.17. The minimum Gasteiger partial charge on any atom is -0.550 e. The van der Waals surface area contributed by atoms with E-state index in [0.29, 0.717) is 0 Å². The molecule has 0 radical (unpaired) electrons. The smallest absolute Gasteiger partial charge is 0.110 e. The summed E-state index contributed by atoms with van der Waals surface area (Å²) >= 11 is 0. The Hall–Kier alpha value is 0.127. The average Bonchev–Trinajstić information content (AvgIpc) is 1.93. The lowest BCUT2D eigenvalue weighted by molar-refractivity contribution is -0.880. The van der Waals surface area contributed by atoms with Gasteiger partial charge in [-0.15, -0.1) is 17.0 Å². The Morgan fingerprint density at radius 2 is 1.69 bits per heavy atom. The molecule has 0 rings (SSSR count). The third-order valence-corrected chi connectivity index (χ3v) is 4.10. The Labute approximate surface area is 111 Å². The SMILES string of the molecule is Br.C[N+](C)(CCCCC(=O)[O-])C[Si](C)(C)C. The van der Waals surface area contributed by atoms with E-state index in [1.807, 2.05) is 0 Å². The number of hydrogen-bond donors (Lipinski definition) is 0. The van der Waals surface area contributed by atoms with E-state index in [2.05, 4.69) is 33.7 Å². The van der Waals surface area contributed by atoms with Gasteiger partial charge in [0.15, 0.2) is 0 Å². The molecule has 98 valence electrons. The van der Waals surface area contributed by atoms with Crippen molar-refractivity contribution in [3.63, 3.8) is 0 Å². The third kappa shape index (κ3) is 12.2. The molecule has 0 aromatic rings. The number of nitrogens with zero attached hydrogens (tertiary/aromatic N) is 1. The lowest BCUT2D eigenvalue weighted by Crippen LogP contribution is -2.50. The number of carboxylic acids is 1. The van der Waals surface area contributed by atoms with Crippen LogP contribution in [-0.2, 0) is 4.79 Å². The van der Waals surface area contributed by atoms with Crippen molar-refractivity contribution < 1.29 is 14.4 Å². The lowest BCUT2D eigenvalue weighted by atomic mass is 10.2. The van der Waals surface area contributed by atoms with Gasteiger partial charge in [-0.1, -0.05) is 19.6 Å². The number of aliphatic carboxylic acids is 1. The molecule has 0 bridgehead atoms. The molecule has 5 heteroatoms. The molecular weight excluding hydrogens is 286 g/mol. The minimum atomic E-state index is -1.03. The summed E-state index contributed by atoms with van der Waals surface area (Å²) in [6, 6.07) is 0. The first kappa shape index (κ1) is 18.5. The van der Waals surface area contributed by atoms with Gasteiger partial charge in [-0.3, -0.25) is 0 Å². The number of carboxylic acid groups (broad SMARTS) is 1. The zero-order valence-electron chi connectivity index (χ0n) is 11.2. The van der Waals surface area contributed by atoms with Crippen LogP contribution in [0.1, 0.15) is 19.3 Å². The van der Waals surface area contributed by atoms with Gasteiger partial charge in [0.25, 0.3) is 0 Å². The molecule has 0 amide bonds. The van der Waals surface area contributed by atoms with Crippen LogP contribution < -0.4 is 5.11 Å². The Morgan fingerprint density at radius 3 is 2.06 bits per heavy atom. The summed E-state index contributed by atoms with van der Waals surface area (Å²) in [4.78, 5) is 10.2. The molecule has 0 unspecified atom stereocenters. The van der Waals surface area contributed by atoms with Crippen molar-refractivity contribution in [3.8, 4) is 0 Å². The molecule has 0 spiro atoms. The number of rotatable bonds is 7. The maximum atomic E-state index is 10.2. The van der Waals surface area contributed by atoms with Gasteiger partial charge in [-0.2, -0.15) is 0 Å². The molecule has 0 N–H and O–H groups in total. The third-order valence-electron chi connectivity index (χ3n) is 2.30. The van der Waals surface area contributed by atoms with Crippen molar-refractivity contribution in [2.75, 3.05) is 26.8 Å². The van der Waals surface area contributed by atoms with E-state index >= 15 is 0 Å². The van der Waals surface area contributed by atoms with Crippen molar-refractivity contribution in [1.82, 2.24) is 0 Å². The van der Waals surface area contributed by atoms with Gasteiger partial charge in [-0.05, 0) is 19.3 Å². The number of carbonyl (C=O) groups is 1. The first-order valence-corrected chi connectivity index (χ1v) is 9.35. The monoisotopic (exact) mass is 311 g/mol. The van der Waals surface area contributed by atoms with Crippen LogP contribution in [0.4, 0.5) is 0 Å². The van der Waals surface area contributed by atoms with E-state index in [1.54, 1.807) is 0 Å². The molecule has 0 atom stereocenters. The summed E-state index contributed by atoms with van der Waals surface area (Å²) < 4.78 is 1.02. The van der Waals surface area contributed by atoms with Gasteiger partial charge < -0.3 is 14.4 Å². The number of unbranched alkanes of at least 4 members (excludes halogenated alkanes) is 1. The first-order valence-electron chi connectivity index (χ1n) is 5.64. The predicted octanol–water partition coefficient (Wildman–Crippen LogP) is 1.44. The number of halogens is 1. The first-order chi connectivity index (χ1) is 6.62. The molecule has 0 aromatic carbocycles. The summed E-state index contributed by atoms with van der Waals surface area (Å²) in [5.41, 5.74) is 0.